The van der Waals surface area contributed by atoms with Gasteiger partial charge in [0.1, 0.15) is 0 Å². The Kier molecular flexibility index (Phi) is 8.20. The van der Waals surface area contributed by atoms with Crippen LogP contribution in [0.25, 0.3) is 0 Å². The molecule has 0 spiro atoms. The number of hydrogen-bond donors (Lipinski definition) is 2. The highest BCUT2D eigenvalue weighted by atomic mass is 16.2. The first-order chi connectivity index (χ1) is 6.71. The van der Waals surface area contributed by atoms with Crippen molar-refractivity contribution < 1.29 is 5.11 Å². The van der Waals surface area contributed by atoms with E-state index in [-0.39, 0.29) is 6.61 Å². The third kappa shape index (κ3) is 4.43. The van der Waals surface area contributed by atoms with Gasteiger partial charge in [-0.05, 0) is 38.6 Å². The molecule has 1 aliphatic rings. The first-order valence-corrected chi connectivity index (χ1v) is 5.99. The Balaban J connectivity index is 0.000000500. The monoisotopic (exact) mass is 201 g/mol. The Morgan fingerprint density at radius 1 is 1.29 bits per heavy atom. The van der Waals surface area contributed by atoms with Crippen LogP contribution in [-0.4, -0.2) is 24.8 Å². The predicted octanol–water partition coefficient (Wildman–Crippen LogP) is 2.42. The maximum Gasteiger partial charge on any atom is 0.0402 e. The second-order valence-electron chi connectivity index (χ2n) is 4.21. The Labute approximate surface area is 89.1 Å². The molecular weight excluding hydrogens is 174 g/mol. The van der Waals surface area contributed by atoms with E-state index in [1.807, 2.05) is 0 Å². The summed E-state index contributed by atoms with van der Waals surface area (Å²) in [5.41, 5.74) is 0. The minimum absolute atomic E-state index is 0.250. The normalized spacial score (nSPS) is 31.9. The molecule has 14 heavy (non-hydrogen) atoms. The van der Waals surface area contributed by atoms with E-state index in [1.165, 1.54) is 25.7 Å². The van der Waals surface area contributed by atoms with E-state index in [1.54, 1.807) is 6.92 Å². The maximum atomic E-state index is 7.57. The van der Waals surface area contributed by atoms with Crippen LogP contribution in [0, 0.1) is 11.8 Å². The van der Waals surface area contributed by atoms with Crippen molar-refractivity contribution in [2.24, 2.45) is 11.8 Å². The summed E-state index contributed by atoms with van der Waals surface area (Å²) < 4.78 is 0. The van der Waals surface area contributed by atoms with E-state index in [0.29, 0.717) is 0 Å². The largest absolute Gasteiger partial charge is 0.397 e. The van der Waals surface area contributed by atoms with Gasteiger partial charge in [-0.25, -0.2) is 0 Å². The van der Waals surface area contributed by atoms with Gasteiger partial charge in [0.25, 0.3) is 0 Å². The molecule has 0 amide bonds. The molecular formula is C12H27NO. The van der Waals surface area contributed by atoms with Crippen molar-refractivity contribution in [1.29, 1.82) is 0 Å². The molecule has 1 saturated carbocycles. The molecule has 1 rings (SSSR count). The van der Waals surface area contributed by atoms with Crippen LogP contribution in [0.1, 0.15) is 46.5 Å². The van der Waals surface area contributed by atoms with Crippen molar-refractivity contribution in [3.8, 4) is 0 Å². The van der Waals surface area contributed by atoms with Crippen LogP contribution in [-0.2, 0) is 0 Å². The fourth-order valence-corrected chi connectivity index (χ4v) is 2.50. The summed E-state index contributed by atoms with van der Waals surface area (Å²) in [6, 6.07) is 0.786. The summed E-state index contributed by atoms with van der Waals surface area (Å²) >= 11 is 0. The fourth-order valence-electron chi connectivity index (χ4n) is 2.50. The molecule has 0 radical (unpaired) electrons. The molecule has 2 heteroatoms. The molecule has 0 heterocycles. The van der Waals surface area contributed by atoms with Gasteiger partial charge in [0.15, 0.2) is 0 Å². The number of hydrogen-bond acceptors (Lipinski definition) is 2. The predicted molar refractivity (Wildman–Crippen MR) is 62.4 cm³/mol. The second kappa shape index (κ2) is 8.25. The summed E-state index contributed by atoms with van der Waals surface area (Å²) in [6.07, 6.45) is 5.64. The Bertz CT molecular complexity index is 127. The van der Waals surface area contributed by atoms with E-state index in [2.05, 4.69) is 26.2 Å². The number of rotatable bonds is 2. The first-order valence-electron chi connectivity index (χ1n) is 5.99. The number of aliphatic hydroxyl groups is 1. The van der Waals surface area contributed by atoms with E-state index in [9.17, 15) is 0 Å². The Morgan fingerprint density at radius 2 is 1.86 bits per heavy atom. The van der Waals surface area contributed by atoms with Gasteiger partial charge in [-0.2, -0.15) is 0 Å². The summed E-state index contributed by atoms with van der Waals surface area (Å²) in [5, 5.41) is 11.0. The summed E-state index contributed by atoms with van der Waals surface area (Å²) in [5.74, 6) is 1.82. The van der Waals surface area contributed by atoms with Gasteiger partial charge in [0, 0.05) is 12.6 Å². The van der Waals surface area contributed by atoms with Gasteiger partial charge in [-0.15, -0.1) is 0 Å². The van der Waals surface area contributed by atoms with E-state index in [4.69, 9.17) is 5.11 Å². The van der Waals surface area contributed by atoms with Crippen molar-refractivity contribution in [3.63, 3.8) is 0 Å². The van der Waals surface area contributed by atoms with Crippen LogP contribution in [0.15, 0.2) is 0 Å². The van der Waals surface area contributed by atoms with Gasteiger partial charge in [0.2, 0.25) is 0 Å². The van der Waals surface area contributed by atoms with Crippen LogP contribution in [0.2, 0.25) is 0 Å². The van der Waals surface area contributed by atoms with E-state index < -0.39 is 0 Å². The van der Waals surface area contributed by atoms with Crippen molar-refractivity contribution in [3.05, 3.63) is 0 Å². The molecule has 0 bridgehead atoms. The highest BCUT2D eigenvalue weighted by Crippen LogP contribution is 2.30. The molecule has 86 valence electrons. The van der Waals surface area contributed by atoms with Crippen LogP contribution in [0.3, 0.4) is 0 Å². The zero-order valence-electron chi connectivity index (χ0n) is 10.2. The zero-order valence-corrected chi connectivity index (χ0v) is 10.2. The lowest BCUT2D eigenvalue weighted by molar-refractivity contribution is 0.200. The van der Waals surface area contributed by atoms with E-state index >= 15 is 0 Å². The van der Waals surface area contributed by atoms with Gasteiger partial charge in [0.05, 0.1) is 0 Å². The smallest absolute Gasteiger partial charge is 0.0402 e. The molecule has 3 atom stereocenters. The van der Waals surface area contributed by atoms with Crippen molar-refractivity contribution in [2.75, 3.05) is 13.7 Å². The van der Waals surface area contributed by atoms with Gasteiger partial charge in [-0.1, -0.05) is 26.7 Å². The molecule has 0 aliphatic heterocycles. The zero-order chi connectivity index (χ0) is 11.0. The average molecular weight is 201 g/mol. The third-order valence-corrected chi connectivity index (χ3v) is 3.21. The van der Waals surface area contributed by atoms with Crippen molar-refractivity contribution in [2.45, 2.75) is 52.5 Å². The number of aliphatic hydroxyl groups excluding tert-OH is 1. The average Bonchev–Trinajstić information content (AvgIpc) is 2.18. The first kappa shape index (κ1) is 13.9. The maximum absolute atomic E-state index is 7.57. The van der Waals surface area contributed by atoms with Gasteiger partial charge >= 0.3 is 0 Å². The summed E-state index contributed by atoms with van der Waals surface area (Å²) in [6.45, 7) is 6.62. The molecule has 0 aromatic heterocycles. The van der Waals surface area contributed by atoms with Crippen LogP contribution in [0.5, 0.6) is 0 Å². The minimum Gasteiger partial charge on any atom is -0.397 e. The molecule has 2 nitrogen and oxygen atoms in total. The molecule has 0 aromatic carbocycles. The van der Waals surface area contributed by atoms with Crippen LogP contribution < -0.4 is 5.32 Å². The lowest BCUT2D eigenvalue weighted by atomic mass is 9.77. The van der Waals surface area contributed by atoms with Crippen LogP contribution in [0.4, 0.5) is 0 Å². The fraction of sp³-hybridized carbons (Fsp3) is 1.00. The summed E-state index contributed by atoms with van der Waals surface area (Å²) in [7, 11) is 2.11. The molecule has 0 aromatic rings. The lowest BCUT2D eigenvalue weighted by Crippen LogP contribution is -2.41. The molecule has 0 saturated heterocycles. The lowest BCUT2D eigenvalue weighted by Gasteiger charge is -2.35. The van der Waals surface area contributed by atoms with Gasteiger partial charge in [-0.3, -0.25) is 0 Å². The molecule has 2 N–H and O–H groups in total. The molecule has 3 unspecified atom stereocenters. The highest BCUT2D eigenvalue weighted by molar-refractivity contribution is 4.83. The standard InChI is InChI=1S/C10H21N.C2H6O/c1-4-9-7-5-6-8(2)10(9)11-3;1-2-3/h8-11H,4-7H2,1-3H3;3H,2H2,1H3. The van der Waals surface area contributed by atoms with Crippen LogP contribution >= 0.6 is 0 Å². The Morgan fingerprint density at radius 3 is 2.21 bits per heavy atom. The second-order valence-corrected chi connectivity index (χ2v) is 4.21. The molecule has 1 aliphatic carbocycles. The topological polar surface area (TPSA) is 32.3 Å². The number of nitrogens with one attached hydrogen (secondary N) is 1. The van der Waals surface area contributed by atoms with Gasteiger partial charge < -0.3 is 10.4 Å². The van der Waals surface area contributed by atoms with E-state index in [0.717, 1.165) is 17.9 Å². The highest BCUT2D eigenvalue weighted by Gasteiger charge is 2.27. The van der Waals surface area contributed by atoms with Crippen molar-refractivity contribution >= 4 is 0 Å². The Hall–Kier alpha value is -0.0800. The quantitative estimate of drug-likeness (QED) is 0.719. The summed E-state index contributed by atoms with van der Waals surface area (Å²) in [4.78, 5) is 0. The SMILES string of the molecule is CCC1CCCC(C)C1NC.CCO. The molecule has 1 fully saturated rings. The third-order valence-electron chi connectivity index (χ3n) is 3.21. The minimum atomic E-state index is 0.250. The van der Waals surface area contributed by atoms with Crippen molar-refractivity contribution in [1.82, 2.24) is 5.32 Å².